The Balaban J connectivity index is 1.59. The third-order valence-electron chi connectivity index (χ3n) is 5.11. The zero-order chi connectivity index (χ0) is 22.6. The first-order valence-corrected chi connectivity index (χ1v) is 12.4. The van der Waals surface area contributed by atoms with Gasteiger partial charge >= 0.3 is 0 Å². The van der Waals surface area contributed by atoms with Crippen molar-refractivity contribution < 1.29 is 18.3 Å². The quantitative estimate of drug-likeness (QED) is 0.346. The molecule has 3 aromatic rings. The summed E-state index contributed by atoms with van der Waals surface area (Å²) in [5.74, 6) is 0.680. The van der Waals surface area contributed by atoms with Crippen LogP contribution in [0, 0.1) is 0 Å². The number of aliphatic hydroxyl groups excluding tert-OH is 1. The van der Waals surface area contributed by atoms with Crippen molar-refractivity contribution in [2.75, 3.05) is 61.2 Å². The number of H-pyrrole nitrogens is 1. The number of ether oxygens (including phenoxy) is 1. The van der Waals surface area contributed by atoms with Gasteiger partial charge in [0, 0.05) is 43.9 Å². The third-order valence-corrected chi connectivity index (χ3v) is 6.11. The van der Waals surface area contributed by atoms with E-state index in [0.29, 0.717) is 42.2 Å². The molecule has 0 bridgehead atoms. The van der Waals surface area contributed by atoms with Crippen LogP contribution in [0.5, 0.6) is 0 Å². The Morgan fingerprint density at radius 1 is 1.16 bits per heavy atom. The van der Waals surface area contributed by atoms with Gasteiger partial charge in [-0.2, -0.15) is 15.1 Å². The fraction of sp³-hybridized carbons (Fsp3) is 0.450. The Labute approximate surface area is 186 Å². The van der Waals surface area contributed by atoms with Gasteiger partial charge in [0.15, 0.2) is 20.5 Å². The van der Waals surface area contributed by atoms with E-state index < -0.39 is 9.84 Å². The molecule has 0 unspecified atom stereocenters. The fourth-order valence-electron chi connectivity index (χ4n) is 3.51. The first-order valence-electron chi connectivity index (χ1n) is 10.5. The number of unbranched alkanes of at least 4 members (excludes halogenated alkanes) is 1. The SMILES string of the molecule is CS(=O)(=O)c1n[nH]c2nc(Nc3ccc(N4CCOCC4)cc3)nc(NCCCCO)c12. The summed E-state index contributed by atoms with van der Waals surface area (Å²) >= 11 is 0. The van der Waals surface area contributed by atoms with E-state index in [1.807, 2.05) is 24.3 Å². The number of fused-ring (bicyclic) bond motifs is 1. The Hall–Kier alpha value is -2.96. The molecule has 0 aliphatic carbocycles. The average Bonchev–Trinajstić information content (AvgIpc) is 3.23. The zero-order valence-corrected chi connectivity index (χ0v) is 18.7. The highest BCUT2D eigenvalue weighted by Crippen LogP contribution is 2.28. The number of nitrogens with one attached hydrogen (secondary N) is 3. The predicted octanol–water partition coefficient (Wildman–Crippen LogP) is 1.52. The van der Waals surface area contributed by atoms with Gasteiger partial charge in [-0.3, -0.25) is 5.10 Å². The number of nitrogens with zero attached hydrogens (tertiary/aromatic N) is 4. The molecule has 4 rings (SSSR count). The number of hydrogen-bond donors (Lipinski definition) is 4. The maximum absolute atomic E-state index is 12.1. The molecule has 32 heavy (non-hydrogen) atoms. The molecular formula is C20H27N7O4S. The van der Waals surface area contributed by atoms with Gasteiger partial charge in [0.25, 0.3) is 0 Å². The lowest BCUT2D eigenvalue weighted by Gasteiger charge is -2.28. The maximum Gasteiger partial charge on any atom is 0.231 e. The second kappa shape index (κ2) is 9.67. The molecule has 0 saturated carbocycles. The van der Waals surface area contributed by atoms with Crippen LogP contribution in [0.15, 0.2) is 29.3 Å². The normalized spacial score (nSPS) is 14.6. The summed E-state index contributed by atoms with van der Waals surface area (Å²) in [6.45, 7) is 3.78. The van der Waals surface area contributed by atoms with E-state index in [0.717, 1.165) is 43.9 Å². The Kier molecular flexibility index (Phi) is 6.72. The van der Waals surface area contributed by atoms with Gasteiger partial charge in [-0.1, -0.05) is 0 Å². The molecule has 12 heteroatoms. The van der Waals surface area contributed by atoms with Crippen molar-refractivity contribution in [3.05, 3.63) is 24.3 Å². The highest BCUT2D eigenvalue weighted by Gasteiger charge is 2.22. The summed E-state index contributed by atoms with van der Waals surface area (Å²) in [5.41, 5.74) is 2.24. The number of anilines is 4. The number of rotatable bonds is 9. The number of hydrogen-bond acceptors (Lipinski definition) is 10. The van der Waals surface area contributed by atoms with Crippen LogP contribution < -0.4 is 15.5 Å². The van der Waals surface area contributed by atoms with E-state index in [1.165, 1.54) is 0 Å². The molecule has 0 spiro atoms. The molecule has 0 atom stereocenters. The molecule has 1 aliphatic rings. The summed E-state index contributed by atoms with van der Waals surface area (Å²) in [7, 11) is -3.57. The molecule has 1 fully saturated rings. The van der Waals surface area contributed by atoms with Crippen LogP contribution in [0.4, 0.5) is 23.1 Å². The van der Waals surface area contributed by atoms with Crippen molar-refractivity contribution in [2.24, 2.45) is 0 Å². The molecule has 0 amide bonds. The van der Waals surface area contributed by atoms with Crippen LogP contribution >= 0.6 is 0 Å². The van der Waals surface area contributed by atoms with Crippen LogP contribution in [0.2, 0.25) is 0 Å². The molecule has 4 N–H and O–H groups in total. The summed E-state index contributed by atoms with van der Waals surface area (Å²) < 4.78 is 29.7. The van der Waals surface area contributed by atoms with Gasteiger partial charge in [-0.25, -0.2) is 8.42 Å². The average molecular weight is 462 g/mol. The number of sulfone groups is 1. The topological polar surface area (TPSA) is 145 Å². The van der Waals surface area contributed by atoms with E-state index in [1.54, 1.807) is 0 Å². The van der Waals surface area contributed by atoms with Gasteiger partial charge in [-0.15, -0.1) is 0 Å². The molecular weight excluding hydrogens is 434 g/mol. The minimum atomic E-state index is -3.57. The Morgan fingerprint density at radius 3 is 2.59 bits per heavy atom. The number of aromatic amines is 1. The summed E-state index contributed by atoms with van der Waals surface area (Å²) in [6, 6.07) is 7.94. The van der Waals surface area contributed by atoms with Gasteiger partial charge < -0.3 is 25.4 Å². The molecule has 172 valence electrons. The highest BCUT2D eigenvalue weighted by atomic mass is 32.2. The minimum absolute atomic E-state index is 0.0917. The van der Waals surface area contributed by atoms with Crippen molar-refractivity contribution in [2.45, 2.75) is 17.9 Å². The fourth-order valence-corrected chi connectivity index (χ4v) is 4.28. The molecule has 2 aromatic heterocycles. The lowest BCUT2D eigenvalue weighted by Crippen LogP contribution is -2.36. The van der Waals surface area contributed by atoms with E-state index in [-0.39, 0.29) is 11.6 Å². The second-order valence-corrected chi connectivity index (χ2v) is 9.48. The highest BCUT2D eigenvalue weighted by molar-refractivity contribution is 7.90. The van der Waals surface area contributed by atoms with E-state index in [9.17, 15) is 8.42 Å². The van der Waals surface area contributed by atoms with E-state index in [2.05, 4.69) is 35.7 Å². The lowest BCUT2D eigenvalue weighted by molar-refractivity contribution is 0.122. The second-order valence-electron chi connectivity index (χ2n) is 7.55. The van der Waals surface area contributed by atoms with Gasteiger partial charge in [0.2, 0.25) is 5.95 Å². The zero-order valence-electron chi connectivity index (χ0n) is 17.8. The Bertz CT molecular complexity index is 1160. The largest absolute Gasteiger partial charge is 0.396 e. The number of aromatic nitrogens is 4. The molecule has 3 heterocycles. The van der Waals surface area contributed by atoms with Crippen molar-refractivity contribution >= 4 is 44.0 Å². The molecule has 1 saturated heterocycles. The van der Waals surface area contributed by atoms with Crippen LogP contribution in [0.1, 0.15) is 12.8 Å². The summed E-state index contributed by atoms with van der Waals surface area (Å²) in [4.78, 5) is 11.2. The first kappa shape index (κ1) is 22.2. The van der Waals surface area contributed by atoms with Crippen LogP contribution in [-0.2, 0) is 14.6 Å². The Morgan fingerprint density at radius 2 is 1.91 bits per heavy atom. The van der Waals surface area contributed by atoms with E-state index >= 15 is 0 Å². The molecule has 1 aliphatic heterocycles. The molecule has 11 nitrogen and oxygen atoms in total. The number of benzene rings is 1. The number of aliphatic hydroxyl groups is 1. The van der Waals surface area contributed by atoms with Crippen molar-refractivity contribution in [1.82, 2.24) is 20.2 Å². The van der Waals surface area contributed by atoms with Gasteiger partial charge in [0.05, 0.1) is 13.2 Å². The molecule has 0 radical (unpaired) electrons. The standard InChI is InChI=1S/C20H27N7O4S/c1-32(29,30)19-16-17(21-8-2-3-11-28)23-20(24-18(16)25-26-19)22-14-4-6-15(7-5-14)27-9-12-31-13-10-27/h4-7,28H,2-3,8-13H2,1H3,(H3,21,22,23,24,25,26). The predicted molar refractivity (Wildman–Crippen MR) is 122 cm³/mol. The van der Waals surface area contributed by atoms with Crippen LogP contribution in [0.25, 0.3) is 11.0 Å². The van der Waals surface area contributed by atoms with Gasteiger partial charge in [0.1, 0.15) is 11.2 Å². The third kappa shape index (κ3) is 5.09. The van der Waals surface area contributed by atoms with Crippen molar-refractivity contribution in [3.63, 3.8) is 0 Å². The van der Waals surface area contributed by atoms with Crippen molar-refractivity contribution in [1.29, 1.82) is 0 Å². The first-order chi connectivity index (χ1) is 15.5. The summed E-state index contributed by atoms with van der Waals surface area (Å²) in [6.07, 6.45) is 2.44. The summed E-state index contributed by atoms with van der Waals surface area (Å²) in [5, 5.41) is 22.2. The number of morpholine rings is 1. The smallest absolute Gasteiger partial charge is 0.231 e. The lowest BCUT2D eigenvalue weighted by atomic mass is 10.2. The van der Waals surface area contributed by atoms with Crippen LogP contribution in [0.3, 0.4) is 0 Å². The van der Waals surface area contributed by atoms with Crippen LogP contribution in [-0.4, -0.2) is 79.4 Å². The monoisotopic (exact) mass is 461 g/mol. The van der Waals surface area contributed by atoms with Crippen molar-refractivity contribution in [3.8, 4) is 0 Å². The molecule has 1 aromatic carbocycles. The minimum Gasteiger partial charge on any atom is -0.396 e. The van der Waals surface area contributed by atoms with Gasteiger partial charge in [-0.05, 0) is 37.1 Å². The maximum atomic E-state index is 12.1. The van der Waals surface area contributed by atoms with E-state index in [4.69, 9.17) is 9.84 Å².